The average Bonchev–Trinajstić information content (AvgIpc) is 3.17. The first-order valence-electron chi connectivity index (χ1n) is 6.49. The van der Waals surface area contributed by atoms with Crippen molar-refractivity contribution in [2.75, 3.05) is 13.2 Å². The first-order valence-corrected chi connectivity index (χ1v) is 7.29. The summed E-state index contributed by atoms with van der Waals surface area (Å²) in [5.41, 5.74) is 1.02. The van der Waals surface area contributed by atoms with E-state index in [1.807, 2.05) is 6.07 Å². The highest BCUT2D eigenvalue weighted by Gasteiger charge is 2.28. The molecule has 0 aliphatic heterocycles. The summed E-state index contributed by atoms with van der Waals surface area (Å²) in [7, 11) is 0. The largest absolute Gasteiger partial charge is 0.396 e. The van der Waals surface area contributed by atoms with Crippen molar-refractivity contribution < 1.29 is 9.50 Å². The van der Waals surface area contributed by atoms with Gasteiger partial charge in [-0.25, -0.2) is 4.39 Å². The summed E-state index contributed by atoms with van der Waals surface area (Å²) in [6, 6.07) is 6.00. The quantitative estimate of drug-likeness (QED) is 0.780. The van der Waals surface area contributed by atoms with Crippen LogP contribution in [0, 0.1) is 5.82 Å². The zero-order valence-corrected chi connectivity index (χ0v) is 12.0. The Hall–Kier alpha value is -0.450. The van der Waals surface area contributed by atoms with E-state index in [1.54, 1.807) is 12.1 Å². The molecule has 2 nitrogen and oxygen atoms in total. The van der Waals surface area contributed by atoms with Crippen LogP contribution in [-0.2, 0) is 6.54 Å². The summed E-state index contributed by atoms with van der Waals surface area (Å²) < 4.78 is 14.0. The SMILES string of the molecule is OCCCCN(Cc1ccc(Br)c(F)c1)C1CC1. The van der Waals surface area contributed by atoms with Crippen LogP contribution in [-0.4, -0.2) is 29.2 Å². The fourth-order valence-corrected chi connectivity index (χ4v) is 2.38. The summed E-state index contributed by atoms with van der Waals surface area (Å²) in [6.07, 6.45) is 4.35. The van der Waals surface area contributed by atoms with Gasteiger partial charge >= 0.3 is 0 Å². The smallest absolute Gasteiger partial charge is 0.137 e. The maximum atomic E-state index is 13.5. The van der Waals surface area contributed by atoms with Gasteiger partial charge in [-0.05, 0) is 65.9 Å². The molecule has 0 unspecified atom stereocenters. The van der Waals surface area contributed by atoms with E-state index in [4.69, 9.17) is 5.11 Å². The zero-order chi connectivity index (χ0) is 13.0. The average molecular weight is 316 g/mol. The number of hydrogen-bond donors (Lipinski definition) is 1. The molecule has 100 valence electrons. The molecular weight excluding hydrogens is 297 g/mol. The molecule has 0 spiro atoms. The molecular formula is C14H19BrFNO. The van der Waals surface area contributed by atoms with Gasteiger partial charge in [0.25, 0.3) is 0 Å². The molecule has 0 saturated heterocycles. The minimum Gasteiger partial charge on any atom is -0.396 e. The van der Waals surface area contributed by atoms with Gasteiger partial charge in [0.2, 0.25) is 0 Å². The third-order valence-corrected chi connectivity index (χ3v) is 3.93. The molecule has 1 aromatic carbocycles. The Bertz CT molecular complexity index is 395. The van der Waals surface area contributed by atoms with Crippen LogP contribution >= 0.6 is 15.9 Å². The van der Waals surface area contributed by atoms with Gasteiger partial charge in [0.05, 0.1) is 4.47 Å². The van der Waals surface area contributed by atoms with Crippen molar-refractivity contribution in [3.8, 4) is 0 Å². The standard InChI is InChI=1S/C14H19BrFNO/c15-13-6-3-11(9-14(13)16)10-17(12-4-5-12)7-1-2-8-18/h3,6,9,12,18H,1-2,4-5,7-8,10H2. The lowest BCUT2D eigenvalue weighted by Gasteiger charge is -2.22. The van der Waals surface area contributed by atoms with Crippen molar-refractivity contribution >= 4 is 15.9 Å². The van der Waals surface area contributed by atoms with Crippen molar-refractivity contribution in [2.45, 2.75) is 38.3 Å². The molecule has 2 rings (SSSR count). The fraction of sp³-hybridized carbons (Fsp3) is 0.571. The van der Waals surface area contributed by atoms with E-state index in [0.717, 1.165) is 31.5 Å². The van der Waals surface area contributed by atoms with Crippen LogP contribution in [0.3, 0.4) is 0 Å². The molecule has 1 aliphatic rings. The molecule has 1 saturated carbocycles. The van der Waals surface area contributed by atoms with Crippen LogP contribution in [0.4, 0.5) is 4.39 Å². The lowest BCUT2D eigenvalue weighted by Crippen LogP contribution is -2.26. The molecule has 1 N–H and O–H groups in total. The molecule has 0 radical (unpaired) electrons. The van der Waals surface area contributed by atoms with E-state index < -0.39 is 0 Å². The summed E-state index contributed by atoms with van der Waals surface area (Å²) in [4.78, 5) is 2.40. The highest BCUT2D eigenvalue weighted by atomic mass is 79.9. The molecule has 0 amide bonds. The molecule has 0 bridgehead atoms. The van der Waals surface area contributed by atoms with Crippen LogP contribution < -0.4 is 0 Å². The zero-order valence-electron chi connectivity index (χ0n) is 10.4. The Morgan fingerprint density at radius 2 is 2.11 bits per heavy atom. The normalized spacial score (nSPS) is 15.3. The third kappa shape index (κ3) is 4.04. The van der Waals surface area contributed by atoms with Crippen LogP contribution in [0.5, 0.6) is 0 Å². The van der Waals surface area contributed by atoms with Crippen LogP contribution in [0.2, 0.25) is 0 Å². The van der Waals surface area contributed by atoms with Gasteiger partial charge in [-0.15, -0.1) is 0 Å². The monoisotopic (exact) mass is 315 g/mol. The lowest BCUT2D eigenvalue weighted by molar-refractivity contribution is 0.228. The minimum absolute atomic E-state index is 0.196. The summed E-state index contributed by atoms with van der Waals surface area (Å²) in [5.74, 6) is -0.196. The highest BCUT2D eigenvalue weighted by Crippen LogP contribution is 2.29. The second-order valence-electron chi connectivity index (χ2n) is 4.88. The number of aliphatic hydroxyl groups is 1. The fourth-order valence-electron chi connectivity index (χ4n) is 2.13. The van der Waals surface area contributed by atoms with Crippen molar-refractivity contribution in [3.05, 3.63) is 34.1 Å². The van der Waals surface area contributed by atoms with E-state index in [2.05, 4.69) is 20.8 Å². The van der Waals surface area contributed by atoms with Gasteiger partial charge in [0, 0.05) is 19.2 Å². The maximum absolute atomic E-state index is 13.5. The number of hydrogen-bond acceptors (Lipinski definition) is 2. The number of unbranched alkanes of at least 4 members (excludes halogenated alkanes) is 1. The van der Waals surface area contributed by atoms with Crippen LogP contribution in [0.25, 0.3) is 0 Å². The van der Waals surface area contributed by atoms with Crippen molar-refractivity contribution in [2.24, 2.45) is 0 Å². The Labute approximate surface area is 116 Å². The van der Waals surface area contributed by atoms with Crippen molar-refractivity contribution in [3.63, 3.8) is 0 Å². The Morgan fingerprint density at radius 3 is 2.72 bits per heavy atom. The Balaban J connectivity index is 1.92. The van der Waals surface area contributed by atoms with Gasteiger partial charge in [-0.2, -0.15) is 0 Å². The first-order chi connectivity index (χ1) is 8.70. The molecule has 1 aromatic rings. The van der Waals surface area contributed by atoms with E-state index in [9.17, 15) is 4.39 Å². The number of aliphatic hydroxyl groups excluding tert-OH is 1. The summed E-state index contributed by atoms with van der Waals surface area (Å²) in [6.45, 7) is 2.05. The van der Waals surface area contributed by atoms with E-state index >= 15 is 0 Å². The molecule has 1 fully saturated rings. The molecule has 0 atom stereocenters. The number of nitrogens with zero attached hydrogens (tertiary/aromatic N) is 1. The maximum Gasteiger partial charge on any atom is 0.137 e. The van der Waals surface area contributed by atoms with E-state index in [0.29, 0.717) is 10.5 Å². The van der Waals surface area contributed by atoms with E-state index in [-0.39, 0.29) is 12.4 Å². The van der Waals surface area contributed by atoms with Gasteiger partial charge < -0.3 is 5.11 Å². The predicted octanol–water partition coefficient (Wildman–Crippen LogP) is 3.33. The van der Waals surface area contributed by atoms with Crippen LogP contribution in [0.15, 0.2) is 22.7 Å². The molecule has 1 aliphatic carbocycles. The second kappa shape index (κ2) is 6.64. The minimum atomic E-state index is -0.196. The van der Waals surface area contributed by atoms with Gasteiger partial charge in [-0.3, -0.25) is 4.90 Å². The highest BCUT2D eigenvalue weighted by molar-refractivity contribution is 9.10. The number of halogens is 2. The second-order valence-corrected chi connectivity index (χ2v) is 5.74. The molecule has 4 heteroatoms. The first kappa shape index (κ1) is 14.0. The third-order valence-electron chi connectivity index (χ3n) is 3.29. The van der Waals surface area contributed by atoms with Gasteiger partial charge in [-0.1, -0.05) is 6.07 Å². The Morgan fingerprint density at radius 1 is 1.33 bits per heavy atom. The molecule has 0 aromatic heterocycles. The van der Waals surface area contributed by atoms with Crippen molar-refractivity contribution in [1.82, 2.24) is 4.90 Å². The van der Waals surface area contributed by atoms with Gasteiger partial charge in [0.1, 0.15) is 5.82 Å². The number of rotatable bonds is 7. The summed E-state index contributed by atoms with van der Waals surface area (Å²) >= 11 is 3.17. The van der Waals surface area contributed by atoms with Crippen molar-refractivity contribution in [1.29, 1.82) is 0 Å². The predicted molar refractivity (Wildman–Crippen MR) is 73.9 cm³/mol. The molecule has 18 heavy (non-hydrogen) atoms. The van der Waals surface area contributed by atoms with E-state index in [1.165, 1.54) is 12.8 Å². The van der Waals surface area contributed by atoms with Crippen LogP contribution in [0.1, 0.15) is 31.2 Å². The summed E-state index contributed by atoms with van der Waals surface area (Å²) in [5, 5.41) is 8.82. The lowest BCUT2D eigenvalue weighted by atomic mass is 10.2. The molecule has 0 heterocycles. The topological polar surface area (TPSA) is 23.5 Å². The van der Waals surface area contributed by atoms with Gasteiger partial charge in [0.15, 0.2) is 0 Å². The Kier molecular flexibility index (Phi) is 5.15. The number of benzene rings is 1.